The quantitative estimate of drug-likeness (QED) is 0.320. The summed E-state index contributed by atoms with van der Waals surface area (Å²) < 4.78 is 15.4. The van der Waals surface area contributed by atoms with Crippen molar-refractivity contribution in [2.24, 2.45) is 11.5 Å². The molecule has 5 N–H and O–H groups in total. The first-order chi connectivity index (χ1) is 4.83. The average Bonchev–Trinajstić information content (AvgIpc) is 1.91. The van der Waals surface area contributed by atoms with Gasteiger partial charge in [0, 0.05) is 0 Å². The molecule has 0 aromatic rings. The zero-order valence-electron chi connectivity index (χ0n) is 5.73. The molecule has 0 saturated heterocycles. The summed E-state index contributed by atoms with van der Waals surface area (Å²) in [6, 6.07) is 0. The fourth-order valence-corrected chi connectivity index (χ4v) is 0.407. The number of hydrogen-bond donors (Lipinski definition) is 3. The molecule has 0 aliphatic carbocycles. The Morgan fingerprint density at radius 2 is 2.00 bits per heavy atom. The topological polar surface area (TPSA) is 89.3 Å². The molecule has 10 heavy (non-hydrogen) atoms. The number of unbranched alkanes of at least 4 members (excludes halogenated alkanes) is 2. The van der Waals surface area contributed by atoms with E-state index in [1.165, 1.54) is 0 Å². The van der Waals surface area contributed by atoms with Crippen molar-refractivity contribution in [3.05, 3.63) is 6.54 Å². The third kappa shape index (κ3) is 24.1. The summed E-state index contributed by atoms with van der Waals surface area (Å²) in [6.07, 6.45) is 3.22. The molecule has 0 aliphatic heterocycles. The zero-order chi connectivity index (χ0) is 8.24. The summed E-state index contributed by atoms with van der Waals surface area (Å²) in [4.78, 5) is 0. The van der Waals surface area contributed by atoms with Crippen molar-refractivity contribution in [2.75, 3.05) is 6.54 Å². The van der Waals surface area contributed by atoms with E-state index in [0.717, 1.165) is 25.8 Å². The van der Waals surface area contributed by atoms with E-state index < -0.39 is 14.7 Å². The molecule has 0 spiro atoms. The van der Waals surface area contributed by atoms with E-state index in [9.17, 15) is 0 Å². The predicted molar refractivity (Wildman–Crippen MR) is 34.3 cm³/mol. The second kappa shape index (κ2) is 16.1. The van der Waals surface area contributed by atoms with Gasteiger partial charge < -0.3 is 11.5 Å². The predicted octanol–water partition coefficient (Wildman–Crippen LogP) is -0.442. The van der Waals surface area contributed by atoms with Gasteiger partial charge in [-0.15, -0.1) is 0 Å². The first-order valence-corrected chi connectivity index (χ1v) is 3.77. The summed E-state index contributed by atoms with van der Waals surface area (Å²) in [7, 11) is 0. The molecule has 0 amide bonds. The van der Waals surface area contributed by atoms with Crippen LogP contribution in [0.15, 0.2) is 0 Å². The SMILES string of the molecule is N[CH-]CCCCN.[O]=[Ni][OH]. The molecule has 0 atom stereocenters. The molecule has 0 unspecified atom stereocenters. The van der Waals surface area contributed by atoms with Crippen LogP contribution in [0.2, 0.25) is 0 Å². The van der Waals surface area contributed by atoms with Gasteiger partial charge >= 0.3 is 22.8 Å². The second-order valence-electron chi connectivity index (χ2n) is 1.58. The summed E-state index contributed by atoms with van der Waals surface area (Å²) in [5.41, 5.74) is 10.3. The fourth-order valence-electron chi connectivity index (χ4n) is 0.407. The number of hydrogen-bond acceptors (Lipinski definition) is 3. The summed E-state index contributed by atoms with van der Waals surface area (Å²) in [5.74, 6) is 0. The minimum atomic E-state index is -0.625. The van der Waals surface area contributed by atoms with E-state index in [1.54, 1.807) is 6.54 Å². The molecular formula is C5H14N2NiO2-. The van der Waals surface area contributed by atoms with Crippen molar-refractivity contribution in [1.29, 1.82) is 0 Å². The molecule has 5 heteroatoms. The van der Waals surface area contributed by atoms with Gasteiger partial charge in [0.1, 0.15) is 0 Å². The fraction of sp³-hybridized carbons (Fsp3) is 0.800. The van der Waals surface area contributed by atoms with Crippen LogP contribution in [0, 0.1) is 6.54 Å². The molecule has 0 saturated carbocycles. The average molecular weight is 193 g/mol. The van der Waals surface area contributed by atoms with E-state index in [1.807, 2.05) is 0 Å². The van der Waals surface area contributed by atoms with Crippen molar-refractivity contribution < 1.29 is 22.8 Å². The maximum atomic E-state index is 8.42. The Bertz CT molecular complexity index is 59.6. The van der Waals surface area contributed by atoms with Gasteiger partial charge in [-0.2, -0.15) is 6.42 Å². The number of nitrogens with two attached hydrogens (primary N) is 2. The summed E-state index contributed by atoms with van der Waals surface area (Å²) in [6.45, 7) is 2.46. The van der Waals surface area contributed by atoms with Gasteiger partial charge in [-0.05, 0) is 13.0 Å². The van der Waals surface area contributed by atoms with Crippen molar-refractivity contribution in [1.82, 2.24) is 0 Å². The maximum absolute atomic E-state index is 8.42. The Kier molecular flexibility index (Phi) is 20.6. The van der Waals surface area contributed by atoms with Crippen LogP contribution in [0.25, 0.3) is 0 Å². The van der Waals surface area contributed by atoms with Crippen LogP contribution in [-0.4, -0.2) is 10.8 Å². The van der Waals surface area contributed by atoms with Crippen LogP contribution >= 0.6 is 0 Å². The van der Waals surface area contributed by atoms with Gasteiger partial charge in [0.05, 0.1) is 0 Å². The number of rotatable bonds is 4. The van der Waals surface area contributed by atoms with Crippen LogP contribution in [-0.2, 0) is 18.6 Å². The van der Waals surface area contributed by atoms with Gasteiger partial charge in [-0.25, -0.2) is 0 Å². The molecule has 0 aliphatic rings. The van der Waals surface area contributed by atoms with Gasteiger partial charge in [-0.3, -0.25) is 6.54 Å². The van der Waals surface area contributed by atoms with Crippen LogP contribution in [0.4, 0.5) is 0 Å². The van der Waals surface area contributed by atoms with E-state index in [-0.39, 0.29) is 0 Å². The third-order valence-corrected chi connectivity index (χ3v) is 0.825. The minimum absolute atomic E-state index is 0.625. The van der Waals surface area contributed by atoms with Gasteiger partial charge in [0.15, 0.2) is 0 Å². The normalized spacial score (nSPS) is 8.70. The van der Waals surface area contributed by atoms with Crippen LogP contribution in [0.3, 0.4) is 0 Å². The van der Waals surface area contributed by atoms with E-state index in [2.05, 4.69) is 0 Å². The van der Waals surface area contributed by atoms with Crippen molar-refractivity contribution >= 4 is 0 Å². The third-order valence-electron chi connectivity index (χ3n) is 0.825. The first-order valence-electron chi connectivity index (χ1n) is 2.92. The van der Waals surface area contributed by atoms with Gasteiger partial charge in [0.2, 0.25) is 0 Å². The molecule has 0 aromatic carbocycles. The first kappa shape index (κ1) is 12.8. The molecule has 0 radical (unpaired) electrons. The Labute approximate surface area is 67.3 Å². The Hall–Kier alpha value is 0.174. The van der Waals surface area contributed by atoms with E-state index in [4.69, 9.17) is 19.6 Å². The molecule has 0 bridgehead atoms. The molecule has 67 valence electrons. The Morgan fingerprint density at radius 3 is 2.30 bits per heavy atom. The molecule has 4 nitrogen and oxygen atoms in total. The van der Waals surface area contributed by atoms with Gasteiger partial charge in [0.25, 0.3) is 0 Å². The monoisotopic (exact) mass is 192 g/mol. The van der Waals surface area contributed by atoms with Crippen molar-refractivity contribution in [3.63, 3.8) is 0 Å². The standard InChI is InChI=1S/C5H13N2.Ni.H2O.O/c6-4-2-1-3-5-7;;;/h4H,1-3,5-7H2;;1H2;/q-1;+1;;/p-1. The van der Waals surface area contributed by atoms with Crippen molar-refractivity contribution in [2.45, 2.75) is 19.3 Å². The van der Waals surface area contributed by atoms with E-state index in [0.29, 0.717) is 0 Å². The second-order valence-corrected chi connectivity index (χ2v) is 1.76. The molecule has 0 aromatic heterocycles. The summed E-state index contributed by atoms with van der Waals surface area (Å²) in [5, 5.41) is 0. The Balaban J connectivity index is 0. The molecule has 0 rings (SSSR count). The van der Waals surface area contributed by atoms with Gasteiger partial charge in [-0.1, -0.05) is 6.42 Å². The van der Waals surface area contributed by atoms with E-state index >= 15 is 0 Å². The molecular weight excluding hydrogens is 179 g/mol. The Morgan fingerprint density at radius 1 is 1.50 bits per heavy atom. The molecule has 0 fully saturated rings. The van der Waals surface area contributed by atoms with Crippen LogP contribution in [0.1, 0.15) is 19.3 Å². The van der Waals surface area contributed by atoms with Crippen LogP contribution < -0.4 is 11.5 Å². The summed E-state index contributed by atoms with van der Waals surface area (Å²) >= 11 is -0.625. The zero-order valence-corrected chi connectivity index (χ0v) is 6.72. The van der Waals surface area contributed by atoms with Crippen molar-refractivity contribution in [3.8, 4) is 0 Å². The van der Waals surface area contributed by atoms with Crippen LogP contribution in [0.5, 0.6) is 0 Å². The molecule has 0 heterocycles.